The molecule has 4 heteroatoms. The van der Waals surface area contributed by atoms with Crippen molar-refractivity contribution < 1.29 is 0 Å². The normalized spacial score (nSPS) is 28.3. The Hall–Kier alpha value is -0.0600. The lowest BCUT2D eigenvalue weighted by molar-refractivity contribution is 0.320. The first-order chi connectivity index (χ1) is 8.70. The zero-order valence-electron chi connectivity index (χ0n) is 11.0. The van der Waals surface area contributed by atoms with Gasteiger partial charge in [0.25, 0.3) is 0 Å². The minimum Gasteiger partial charge on any atom is -0.313 e. The van der Waals surface area contributed by atoms with Crippen molar-refractivity contribution in [3.8, 4) is 0 Å². The number of hydrogen-bond acceptors (Lipinski definition) is 3. The van der Waals surface area contributed by atoms with Crippen LogP contribution in [0.1, 0.15) is 33.1 Å². The van der Waals surface area contributed by atoms with Crippen LogP contribution in [0.4, 0.5) is 0 Å². The molecule has 1 fully saturated rings. The van der Waals surface area contributed by atoms with Crippen LogP contribution in [0.15, 0.2) is 27.8 Å². The number of nitrogens with one attached hydrogen (secondary N) is 1. The second-order valence-electron chi connectivity index (χ2n) is 5.03. The highest BCUT2D eigenvalue weighted by Crippen LogP contribution is 2.37. The molecule has 1 aliphatic carbocycles. The Morgan fingerprint density at radius 1 is 1.50 bits per heavy atom. The number of aromatic nitrogens is 1. The number of hydrogen-bond donors (Lipinski definition) is 1. The molecule has 0 saturated heterocycles. The summed E-state index contributed by atoms with van der Waals surface area (Å²) in [5.41, 5.74) is 0. The molecule has 0 radical (unpaired) electrons. The van der Waals surface area contributed by atoms with Crippen LogP contribution in [0, 0.1) is 5.92 Å². The van der Waals surface area contributed by atoms with Crippen molar-refractivity contribution in [3.05, 3.63) is 22.8 Å². The first-order valence-electron chi connectivity index (χ1n) is 6.71. The maximum absolute atomic E-state index is 4.48. The van der Waals surface area contributed by atoms with Crippen LogP contribution in [-0.2, 0) is 0 Å². The van der Waals surface area contributed by atoms with E-state index in [1.807, 2.05) is 24.0 Å². The Labute approximate surface area is 122 Å². The Bertz CT molecular complexity index is 386. The van der Waals surface area contributed by atoms with E-state index in [0.717, 1.165) is 22.0 Å². The summed E-state index contributed by atoms with van der Waals surface area (Å²) < 4.78 is 1.11. The molecule has 2 nitrogen and oxygen atoms in total. The van der Waals surface area contributed by atoms with Gasteiger partial charge >= 0.3 is 0 Å². The molecular weight excluding hydrogens is 308 g/mol. The highest BCUT2D eigenvalue weighted by atomic mass is 79.9. The zero-order valence-corrected chi connectivity index (χ0v) is 13.4. The summed E-state index contributed by atoms with van der Waals surface area (Å²) in [6.07, 6.45) is 5.79. The monoisotopic (exact) mass is 328 g/mol. The highest BCUT2D eigenvalue weighted by Gasteiger charge is 2.29. The average molecular weight is 329 g/mol. The first-order valence-corrected chi connectivity index (χ1v) is 8.38. The van der Waals surface area contributed by atoms with Crippen LogP contribution in [0.25, 0.3) is 0 Å². The number of nitrogens with zero attached hydrogens (tertiary/aromatic N) is 1. The molecule has 1 N–H and O–H groups in total. The number of thioether (sulfide) groups is 1. The predicted molar refractivity (Wildman–Crippen MR) is 82.1 cm³/mol. The van der Waals surface area contributed by atoms with Crippen LogP contribution < -0.4 is 5.32 Å². The fourth-order valence-electron chi connectivity index (χ4n) is 2.56. The number of pyridine rings is 1. The predicted octanol–water partition coefficient (Wildman–Crippen LogP) is 4.10. The largest absolute Gasteiger partial charge is 0.313 e. The number of halogens is 1. The molecule has 0 aromatic carbocycles. The summed E-state index contributed by atoms with van der Waals surface area (Å²) in [7, 11) is 0. The zero-order chi connectivity index (χ0) is 13.0. The smallest absolute Gasteiger partial charge is 0.110 e. The van der Waals surface area contributed by atoms with E-state index in [4.69, 9.17) is 0 Å². The van der Waals surface area contributed by atoms with Gasteiger partial charge in [0.1, 0.15) is 5.03 Å². The number of rotatable bonds is 4. The van der Waals surface area contributed by atoms with Gasteiger partial charge in [-0.3, -0.25) is 0 Å². The maximum atomic E-state index is 4.48. The van der Waals surface area contributed by atoms with Gasteiger partial charge < -0.3 is 5.32 Å². The molecule has 3 atom stereocenters. The van der Waals surface area contributed by atoms with Crippen LogP contribution in [0.2, 0.25) is 0 Å². The molecule has 0 aliphatic heterocycles. The maximum Gasteiger partial charge on any atom is 0.110 e. The summed E-state index contributed by atoms with van der Waals surface area (Å²) in [4.78, 5) is 4.48. The summed E-state index contributed by atoms with van der Waals surface area (Å²) >= 11 is 5.52. The second kappa shape index (κ2) is 6.92. The van der Waals surface area contributed by atoms with Gasteiger partial charge in [-0.1, -0.05) is 13.8 Å². The highest BCUT2D eigenvalue weighted by molar-refractivity contribution is 9.10. The van der Waals surface area contributed by atoms with E-state index in [1.54, 1.807) is 0 Å². The molecule has 1 heterocycles. The van der Waals surface area contributed by atoms with Crippen LogP contribution >= 0.6 is 27.7 Å². The lowest BCUT2D eigenvalue weighted by Crippen LogP contribution is -2.42. The van der Waals surface area contributed by atoms with Gasteiger partial charge in [0.15, 0.2) is 0 Å². The van der Waals surface area contributed by atoms with Crippen LogP contribution in [0.5, 0.6) is 0 Å². The molecule has 1 aromatic heterocycles. The molecule has 1 saturated carbocycles. The lowest BCUT2D eigenvalue weighted by Gasteiger charge is -2.34. The van der Waals surface area contributed by atoms with Gasteiger partial charge in [-0.15, -0.1) is 11.8 Å². The molecule has 1 aromatic rings. The quantitative estimate of drug-likeness (QED) is 0.900. The molecule has 1 aliphatic rings. The third-order valence-electron chi connectivity index (χ3n) is 3.51. The lowest BCUT2D eigenvalue weighted by atomic mass is 9.87. The van der Waals surface area contributed by atoms with E-state index in [-0.39, 0.29) is 0 Å². The van der Waals surface area contributed by atoms with Crippen molar-refractivity contribution in [1.29, 1.82) is 0 Å². The molecule has 0 spiro atoms. The van der Waals surface area contributed by atoms with Crippen molar-refractivity contribution in [1.82, 2.24) is 10.3 Å². The van der Waals surface area contributed by atoms with Gasteiger partial charge in [0.05, 0.1) is 0 Å². The molecule has 3 unspecified atom stereocenters. The summed E-state index contributed by atoms with van der Waals surface area (Å²) in [6, 6.07) is 4.67. The van der Waals surface area contributed by atoms with Crippen molar-refractivity contribution in [3.63, 3.8) is 0 Å². The molecule has 18 heavy (non-hydrogen) atoms. The summed E-state index contributed by atoms with van der Waals surface area (Å²) in [5.74, 6) is 0.833. The van der Waals surface area contributed by atoms with E-state index in [1.165, 1.54) is 19.3 Å². The molecule has 100 valence electrons. The van der Waals surface area contributed by atoms with Gasteiger partial charge in [-0.25, -0.2) is 4.98 Å². The van der Waals surface area contributed by atoms with Crippen molar-refractivity contribution >= 4 is 27.7 Å². The standard InChI is InChI=1S/C14H21BrN2S/c1-3-16-12-7-6-10(2)9-13(12)18-14-11(15)5-4-8-17-14/h4-5,8,10,12-13,16H,3,6-7,9H2,1-2H3. The molecule has 0 amide bonds. The Morgan fingerprint density at radius 3 is 3.06 bits per heavy atom. The van der Waals surface area contributed by atoms with E-state index in [9.17, 15) is 0 Å². The minimum atomic E-state index is 0.630. The fourth-order valence-corrected chi connectivity index (χ4v) is 4.50. The van der Waals surface area contributed by atoms with E-state index < -0.39 is 0 Å². The van der Waals surface area contributed by atoms with Gasteiger partial charge in [0.2, 0.25) is 0 Å². The van der Waals surface area contributed by atoms with E-state index >= 15 is 0 Å². The molecule has 2 rings (SSSR count). The van der Waals surface area contributed by atoms with Gasteiger partial charge in [-0.2, -0.15) is 0 Å². The van der Waals surface area contributed by atoms with Crippen molar-refractivity contribution in [2.45, 2.75) is 49.4 Å². The van der Waals surface area contributed by atoms with Crippen molar-refractivity contribution in [2.24, 2.45) is 5.92 Å². The Morgan fingerprint density at radius 2 is 2.33 bits per heavy atom. The van der Waals surface area contributed by atoms with Crippen LogP contribution in [0.3, 0.4) is 0 Å². The fraction of sp³-hybridized carbons (Fsp3) is 0.643. The SMILES string of the molecule is CCNC1CCC(C)CC1Sc1ncccc1Br. The van der Waals surface area contributed by atoms with E-state index in [0.29, 0.717) is 11.3 Å². The third-order valence-corrected chi connectivity index (χ3v) is 5.78. The minimum absolute atomic E-state index is 0.630. The average Bonchev–Trinajstić information content (AvgIpc) is 2.36. The van der Waals surface area contributed by atoms with Crippen LogP contribution in [-0.4, -0.2) is 22.8 Å². The van der Waals surface area contributed by atoms with Gasteiger partial charge in [0, 0.05) is 22.0 Å². The van der Waals surface area contributed by atoms with E-state index in [2.05, 4.69) is 46.1 Å². The van der Waals surface area contributed by atoms with Gasteiger partial charge in [-0.05, 0) is 59.8 Å². The van der Waals surface area contributed by atoms with Crippen molar-refractivity contribution in [2.75, 3.05) is 6.54 Å². The summed E-state index contributed by atoms with van der Waals surface area (Å²) in [5, 5.41) is 5.39. The summed E-state index contributed by atoms with van der Waals surface area (Å²) in [6.45, 7) is 5.61. The molecular formula is C14H21BrN2S. The Kier molecular flexibility index (Phi) is 5.52. The topological polar surface area (TPSA) is 24.9 Å². The Balaban J connectivity index is 2.06. The second-order valence-corrected chi connectivity index (χ2v) is 7.11. The third kappa shape index (κ3) is 3.72. The first kappa shape index (κ1) is 14.4. The molecule has 0 bridgehead atoms.